The summed E-state index contributed by atoms with van der Waals surface area (Å²) in [7, 11) is 0. The van der Waals surface area contributed by atoms with Crippen molar-refractivity contribution < 1.29 is 0 Å². The molecule has 0 spiro atoms. The van der Waals surface area contributed by atoms with Crippen molar-refractivity contribution in [1.29, 1.82) is 0 Å². The van der Waals surface area contributed by atoms with E-state index in [9.17, 15) is 0 Å². The monoisotopic (exact) mass is 339 g/mol. The minimum atomic E-state index is 0.281. The van der Waals surface area contributed by atoms with Crippen molar-refractivity contribution >= 4 is 35.0 Å². The van der Waals surface area contributed by atoms with E-state index in [4.69, 9.17) is 23.2 Å². The van der Waals surface area contributed by atoms with Crippen molar-refractivity contribution in [3.63, 3.8) is 0 Å². The summed E-state index contributed by atoms with van der Waals surface area (Å²) in [4.78, 5) is 1.28. The summed E-state index contributed by atoms with van der Waals surface area (Å²) < 4.78 is 0. The number of hydrogen-bond donors (Lipinski definition) is 1. The van der Waals surface area contributed by atoms with Crippen LogP contribution in [0.5, 0.6) is 0 Å². The number of halogens is 2. The Hall–Kier alpha value is -0.670. The molecule has 2 aromatic carbocycles. The van der Waals surface area contributed by atoms with Crippen LogP contribution in [0.1, 0.15) is 24.1 Å². The molecular weight excluding hydrogens is 321 g/mol. The summed E-state index contributed by atoms with van der Waals surface area (Å²) in [5.41, 5.74) is 2.48. The molecule has 21 heavy (non-hydrogen) atoms. The minimum Gasteiger partial charge on any atom is -0.310 e. The maximum absolute atomic E-state index is 6.10. The van der Waals surface area contributed by atoms with E-state index in [1.807, 2.05) is 18.2 Å². The van der Waals surface area contributed by atoms with Crippen LogP contribution in [0.25, 0.3) is 0 Å². The molecule has 2 aromatic rings. The lowest BCUT2D eigenvalue weighted by molar-refractivity contribution is 0.549. The molecule has 0 aliphatic heterocycles. The fourth-order valence-electron chi connectivity index (χ4n) is 2.29. The van der Waals surface area contributed by atoms with E-state index in [1.165, 1.54) is 16.0 Å². The van der Waals surface area contributed by atoms with Crippen LogP contribution in [0.4, 0.5) is 0 Å². The fraction of sp³-hybridized carbons (Fsp3) is 0.294. The van der Waals surface area contributed by atoms with Gasteiger partial charge in [-0.2, -0.15) is 0 Å². The molecule has 1 nitrogen and oxygen atoms in total. The molecule has 0 saturated heterocycles. The predicted molar refractivity (Wildman–Crippen MR) is 94.8 cm³/mol. The van der Waals surface area contributed by atoms with Crippen LogP contribution < -0.4 is 5.32 Å². The Balaban J connectivity index is 2.19. The highest BCUT2D eigenvalue weighted by atomic mass is 35.5. The third-order valence-corrected chi connectivity index (χ3v) is 4.88. The quantitative estimate of drug-likeness (QED) is 0.686. The molecule has 1 atom stereocenters. The maximum atomic E-state index is 6.10. The zero-order chi connectivity index (χ0) is 15.2. The first-order valence-corrected chi connectivity index (χ1v) is 8.93. The van der Waals surface area contributed by atoms with Crippen molar-refractivity contribution in [1.82, 2.24) is 5.32 Å². The van der Waals surface area contributed by atoms with E-state index in [0.717, 1.165) is 13.0 Å². The highest BCUT2D eigenvalue weighted by molar-refractivity contribution is 7.98. The molecular formula is C17H19Cl2NS. The highest BCUT2D eigenvalue weighted by Gasteiger charge is 2.12. The van der Waals surface area contributed by atoms with Crippen LogP contribution in [-0.2, 0) is 6.42 Å². The summed E-state index contributed by atoms with van der Waals surface area (Å²) in [6.07, 6.45) is 2.98. The number of hydrogen-bond acceptors (Lipinski definition) is 2. The van der Waals surface area contributed by atoms with Gasteiger partial charge in [0.25, 0.3) is 0 Å². The van der Waals surface area contributed by atoms with E-state index in [-0.39, 0.29) is 6.04 Å². The van der Waals surface area contributed by atoms with Gasteiger partial charge in [-0.1, -0.05) is 48.3 Å². The third kappa shape index (κ3) is 4.65. The van der Waals surface area contributed by atoms with Crippen molar-refractivity contribution in [3.05, 3.63) is 63.6 Å². The summed E-state index contributed by atoms with van der Waals surface area (Å²) in [5.74, 6) is 0. The molecule has 0 radical (unpaired) electrons. The summed E-state index contributed by atoms with van der Waals surface area (Å²) in [6, 6.07) is 14.8. The first-order valence-electron chi connectivity index (χ1n) is 6.95. The summed E-state index contributed by atoms with van der Waals surface area (Å²) in [6.45, 7) is 3.05. The van der Waals surface area contributed by atoms with Gasteiger partial charge in [0.05, 0.1) is 10.0 Å². The second-order valence-corrected chi connectivity index (χ2v) is 6.53. The van der Waals surface area contributed by atoms with Crippen molar-refractivity contribution in [3.8, 4) is 0 Å². The number of nitrogens with one attached hydrogen (secondary N) is 1. The summed E-state index contributed by atoms with van der Waals surface area (Å²) >= 11 is 13.8. The van der Waals surface area contributed by atoms with Crippen molar-refractivity contribution in [2.45, 2.75) is 24.3 Å². The average Bonchev–Trinajstić information content (AvgIpc) is 2.50. The Morgan fingerprint density at radius 1 is 1.05 bits per heavy atom. The Bertz CT molecular complexity index is 584. The second kappa shape index (κ2) is 8.09. The fourth-order valence-corrected chi connectivity index (χ4v) is 3.02. The Morgan fingerprint density at radius 3 is 2.33 bits per heavy atom. The van der Waals surface area contributed by atoms with Crippen molar-refractivity contribution in [2.24, 2.45) is 0 Å². The smallest absolute Gasteiger partial charge is 0.0595 e. The number of thioether (sulfide) groups is 1. The van der Waals surface area contributed by atoms with E-state index in [1.54, 1.807) is 11.8 Å². The van der Waals surface area contributed by atoms with E-state index < -0.39 is 0 Å². The lowest BCUT2D eigenvalue weighted by Crippen LogP contribution is -2.22. The first kappa shape index (κ1) is 16.7. The SMILES string of the molecule is CCNC(Cc1ccc(Cl)c(Cl)c1)c1ccc(SC)cc1. The molecule has 0 aromatic heterocycles. The molecule has 0 aliphatic rings. The predicted octanol–water partition coefficient (Wildman–Crippen LogP) is 5.61. The molecule has 112 valence electrons. The number of likely N-dealkylation sites (N-methyl/N-ethyl adjacent to an activating group) is 1. The largest absolute Gasteiger partial charge is 0.310 e. The normalized spacial score (nSPS) is 12.4. The van der Waals surface area contributed by atoms with Crippen LogP contribution >= 0.6 is 35.0 Å². The molecule has 0 heterocycles. The molecule has 1 N–H and O–H groups in total. The standard InChI is InChI=1S/C17H19Cl2NS/c1-3-20-17(13-5-7-14(21-2)8-6-13)11-12-4-9-15(18)16(19)10-12/h4-10,17,20H,3,11H2,1-2H3. The van der Waals surface area contributed by atoms with Gasteiger partial charge in [0.2, 0.25) is 0 Å². The summed E-state index contributed by atoms with van der Waals surface area (Å²) in [5, 5.41) is 4.75. The van der Waals surface area contributed by atoms with Gasteiger partial charge in [0.1, 0.15) is 0 Å². The Labute approximate surface area is 141 Å². The third-order valence-electron chi connectivity index (χ3n) is 3.39. The average molecular weight is 340 g/mol. The van der Waals surface area contributed by atoms with Gasteiger partial charge in [-0.05, 0) is 54.6 Å². The Morgan fingerprint density at radius 2 is 1.76 bits per heavy atom. The van der Waals surface area contributed by atoms with Gasteiger partial charge in [-0.25, -0.2) is 0 Å². The molecule has 2 rings (SSSR count). The van der Waals surface area contributed by atoms with Gasteiger partial charge in [-0.15, -0.1) is 11.8 Å². The Kier molecular flexibility index (Phi) is 6.43. The highest BCUT2D eigenvalue weighted by Crippen LogP contribution is 2.26. The zero-order valence-electron chi connectivity index (χ0n) is 12.2. The van der Waals surface area contributed by atoms with E-state index in [0.29, 0.717) is 10.0 Å². The van der Waals surface area contributed by atoms with Crippen LogP contribution in [0.2, 0.25) is 10.0 Å². The van der Waals surface area contributed by atoms with Crippen LogP contribution in [-0.4, -0.2) is 12.8 Å². The lowest BCUT2D eigenvalue weighted by Gasteiger charge is -2.19. The molecule has 0 saturated carbocycles. The minimum absolute atomic E-state index is 0.281. The zero-order valence-corrected chi connectivity index (χ0v) is 14.5. The second-order valence-electron chi connectivity index (χ2n) is 4.84. The maximum Gasteiger partial charge on any atom is 0.0595 e. The topological polar surface area (TPSA) is 12.0 Å². The molecule has 0 bridgehead atoms. The molecule has 0 aliphatic carbocycles. The molecule has 0 fully saturated rings. The van der Waals surface area contributed by atoms with E-state index in [2.05, 4.69) is 42.8 Å². The first-order chi connectivity index (χ1) is 10.1. The van der Waals surface area contributed by atoms with Gasteiger partial charge in [0, 0.05) is 10.9 Å². The number of benzene rings is 2. The molecule has 0 amide bonds. The van der Waals surface area contributed by atoms with E-state index >= 15 is 0 Å². The van der Waals surface area contributed by atoms with Crippen LogP contribution in [0.3, 0.4) is 0 Å². The number of rotatable bonds is 6. The molecule has 4 heteroatoms. The van der Waals surface area contributed by atoms with Gasteiger partial charge >= 0.3 is 0 Å². The molecule has 1 unspecified atom stereocenters. The van der Waals surface area contributed by atoms with Gasteiger partial charge in [0.15, 0.2) is 0 Å². The van der Waals surface area contributed by atoms with Crippen molar-refractivity contribution in [2.75, 3.05) is 12.8 Å². The van der Waals surface area contributed by atoms with Gasteiger partial charge < -0.3 is 5.32 Å². The van der Waals surface area contributed by atoms with Crippen LogP contribution in [0.15, 0.2) is 47.4 Å². The van der Waals surface area contributed by atoms with Gasteiger partial charge in [-0.3, -0.25) is 0 Å². The van der Waals surface area contributed by atoms with Crippen LogP contribution in [0, 0.1) is 0 Å². The lowest BCUT2D eigenvalue weighted by atomic mass is 9.99.